The highest BCUT2D eigenvalue weighted by molar-refractivity contribution is 7.98. The van der Waals surface area contributed by atoms with Gasteiger partial charge in [-0.1, -0.05) is 18.2 Å². The molecule has 0 fully saturated rings. The molecule has 0 spiro atoms. The summed E-state index contributed by atoms with van der Waals surface area (Å²) in [5.74, 6) is 1.95. The zero-order chi connectivity index (χ0) is 13.7. The van der Waals surface area contributed by atoms with Crippen molar-refractivity contribution in [1.29, 1.82) is 0 Å². The van der Waals surface area contributed by atoms with Gasteiger partial charge < -0.3 is 10.2 Å². The Bertz CT molecular complexity index is 394. The summed E-state index contributed by atoms with van der Waals surface area (Å²) in [6, 6.07) is 9.43. The minimum atomic E-state index is 0.686. The van der Waals surface area contributed by atoms with E-state index in [4.69, 9.17) is 0 Å². The molecule has 0 amide bonds. The number of hydrogen-bond donors (Lipinski definition) is 1. The van der Waals surface area contributed by atoms with Crippen LogP contribution in [0.15, 0.2) is 24.3 Å². The molecule has 0 aliphatic carbocycles. The van der Waals surface area contributed by atoms with E-state index in [1.807, 2.05) is 11.8 Å². The smallest absolute Gasteiger partial charge is 0.0376 e. The van der Waals surface area contributed by atoms with Gasteiger partial charge in [0.2, 0.25) is 0 Å². The van der Waals surface area contributed by atoms with Gasteiger partial charge in [-0.3, -0.25) is 0 Å². The summed E-state index contributed by atoms with van der Waals surface area (Å²) in [7, 11) is 2.26. The molecule has 0 radical (unpaired) electrons. The highest BCUT2D eigenvalue weighted by Crippen LogP contribution is 2.33. The van der Waals surface area contributed by atoms with Gasteiger partial charge in [0.05, 0.1) is 0 Å². The second-order valence-corrected chi connectivity index (χ2v) is 6.55. The third-order valence-corrected chi connectivity index (χ3v) is 4.91. The molecule has 3 heteroatoms. The second kappa shape index (κ2) is 7.20. The van der Waals surface area contributed by atoms with Gasteiger partial charge in [-0.05, 0) is 57.0 Å². The van der Waals surface area contributed by atoms with Crippen LogP contribution in [-0.4, -0.2) is 43.1 Å². The Kier molecular flexibility index (Phi) is 5.59. The van der Waals surface area contributed by atoms with Crippen molar-refractivity contribution in [3.05, 3.63) is 29.8 Å². The van der Waals surface area contributed by atoms with Gasteiger partial charge >= 0.3 is 0 Å². The number of thioether (sulfide) groups is 1. The number of fused-ring (bicyclic) bond motifs is 1. The van der Waals surface area contributed by atoms with Crippen LogP contribution in [0.1, 0.15) is 31.2 Å². The molecule has 1 aliphatic heterocycles. The Morgan fingerprint density at radius 2 is 2.21 bits per heavy atom. The third kappa shape index (κ3) is 3.90. The molecule has 0 aromatic heterocycles. The fourth-order valence-corrected chi connectivity index (χ4v) is 3.28. The van der Waals surface area contributed by atoms with Gasteiger partial charge in [-0.15, -0.1) is 0 Å². The molecule has 2 unspecified atom stereocenters. The van der Waals surface area contributed by atoms with Crippen molar-refractivity contribution < 1.29 is 0 Å². The Labute approximate surface area is 122 Å². The van der Waals surface area contributed by atoms with Crippen molar-refractivity contribution in [1.82, 2.24) is 4.90 Å². The Morgan fingerprint density at radius 1 is 1.42 bits per heavy atom. The Hall–Kier alpha value is -0.670. The Morgan fingerprint density at radius 3 is 3.00 bits per heavy atom. The fraction of sp³-hybridized carbons (Fsp3) is 0.625. The van der Waals surface area contributed by atoms with Crippen LogP contribution in [0.2, 0.25) is 0 Å². The minimum absolute atomic E-state index is 0.686. The van der Waals surface area contributed by atoms with Crippen LogP contribution in [0.25, 0.3) is 0 Å². The largest absolute Gasteiger partial charge is 0.384 e. The number of nitrogens with zero attached hydrogens (tertiary/aromatic N) is 1. The topological polar surface area (TPSA) is 15.3 Å². The number of benzene rings is 1. The van der Waals surface area contributed by atoms with Crippen molar-refractivity contribution >= 4 is 17.4 Å². The maximum Gasteiger partial charge on any atom is 0.0376 e. The van der Waals surface area contributed by atoms with E-state index < -0.39 is 0 Å². The number of hydrogen-bond acceptors (Lipinski definition) is 3. The predicted octanol–water partition coefficient (Wildman–Crippen LogP) is 3.66. The molecule has 1 aromatic carbocycles. The van der Waals surface area contributed by atoms with Crippen molar-refractivity contribution in [3.8, 4) is 0 Å². The van der Waals surface area contributed by atoms with E-state index >= 15 is 0 Å². The average molecular weight is 278 g/mol. The van der Waals surface area contributed by atoms with Gasteiger partial charge in [0.1, 0.15) is 0 Å². The predicted molar refractivity (Wildman–Crippen MR) is 87.4 cm³/mol. The summed E-state index contributed by atoms with van der Waals surface area (Å²) >= 11 is 1.94. The molecular weight excluding hydrogens is 252 g/mol. The number of rotatable bonds is 7. The molecule has 1 N–H and O–H groups in total. The quantitative estimate of drug-likeness (QED) is 0.819. The molecule has 0 saturated heterocycles. The SMILES string of the molecule is CSCCC(C)N(C)CCC1CNc2ccccc21. The van der Waals surface area contributed by atoms with Gasteiger partial charge in [-0.25, -0.2) is 0 Å². The summed E-state index contributed by atoms with van der Waals surface area (Å²) < 4.78 is 0. The van der Waals surface area contributed by atoms with E-state index in [1.54, 1.807) is 0 Å². The molecule has 1 aromatic rings. The number of anilines is 1. The first kappa shape index (κ1) is 14.7. The van der Waals surface area contributed by atoms with Gasteiger partial charge in [0.25, 0.3) is 0 Å². The van der Waals surface area contributed by atoms with Crippen molar-refractivity contribution in [2.45, 2.75) is 31.7 Å². The van der Waals surface area contributed by atoms with Crippen LogP contribution >= 0.6 is 11.8 Å². The van der Waals surface area contributed by atoms with E-state index in [-0.39, 0.29) is 0 Å². The molecule has 2 nitrogen and oxygen atoms in total. The van der Waals surface area contributed by atoms with Gasteiger partial charge in [0.15, 0.2) is 0 Å². The van der Waals surface area contributed by atoms with E-state index in [2.05, 4.69) is 54.7 Å². The lowest BCUT2D eigenvalue weighted by molar-refractivity contribution is 0.245. The van der Waals surface area contributed by atoms with E-state index in [0.29, 0.717) is 12.0 Å². The molecule has 0 saturated carbocycles. The van der Waals surface area contributed by atoms with Crippen LogP contribution in [0.3, 0.4) is 0 Å². The molecule has 106 valence electrons. The first-order valence-corrected chi connectivity index (χ1v) is 8.63. The van der Waals surface area contributed by atoms with E-state index in [1.165, 1.54) is 36.4 Å². The van der Waals surface area contributed by atoms with E-state index in [0.717, 1.165) is 6.54 Å². The molecule has 0 bridgehead atoms. The number of para-hydroxylation sites is 1. The first-order valence-electron chi connectivity index (χ1n) is 7.24. The summed E-state index contributed by atoms with van der Waals surface area (Å²) in [6.45, 7) is 4.64. The van der Waals surface area contributed by atoms with Crippen LogP contribution in [-0.2, 0) is 0 Å². The maximum absolute atomic E-state index is 3.52. The highest BCUT2D eigenvalue weighted by Gasteiger charge is 2.22. The lowest BCUT2D eigenvalue weighted by atomic mass is 9.97. The molecule has 2 atom stereocenters. The standard InChI is InChI=1S/C16H26N2S/c1-13(9-11-19-3)18(2)10-8-14-12-17-16-7-5-4-6-15(14)16/h4-7,13-14,17H,8-12H2,1-3H3. The summed E-state index contributed by atoms with van der Waals surface area (Å²) in [4.78, 5) is 2.51. The Balaban J connectivity index is 1.80. The van der Waals surface area contributed by atoms with E-state index in [9.17, 15) is 0 Å². The molecule has 1 heterocycles. The maximum atomic E-state index is 3.52. The van der Waals surface area contributed by atoms with Crippen LogP contribution < -0.4 is 5.32 Å². The lowest BCUT2D eigenvalue weighted by Gasteiger charge is -2.25. The summed E-state index contributed by atoms with van der Waals surface area (Å²) in [5.41, 5.74) is 2.85. The average Bonchev–Trinajstić information content (AvgIpc) is 2.85. The van der Waals surface area contributed by atoms with Gasteiger partial charge in [0, 0.05) is 24.2 Å². The lowest BCUT2D eigenvalue weighted by Crippen LogP contribution is -2.31. The summed E-state index contributed by atoms with van der Waals surface area (Å²) in [5, 5.41) is 3.52. The first-order chi connectivity index (χ1) is 9.22. The third-order valence-electron chi connectivity index (χ3n) is 4.26. The van der Waals surface area contributed by atoms with Gasteiger partial charge in [-0.2, -0.15) is 11.8 Å². The normalized spacial score (nSPS) is 19.3. The van der Waals surface area contributed by atoms with Crippen molar-refractivity contribution in [2.75, 3.05) is 37.5 Å². The second-order valence-electron chi connectivity index (χ2n) is 5.56. The van der Waals surface area contributed by atoms with Crippen LogP contribution in [0.5, 0.6) is 0 Å². The number of nitrogens with one attached hydrogen (secondary N) is 1. The molecular formula is C16H26N2S. The zero-order valence-electron chi connectivity index (χ0n) is 12.4. The summed E-state index contributed by atoms with van der Waals surface area (Å²) in [6.07, 6.45) is 4.73. The minimum Gasteiger partial charge on any atom is -0.384 e. The monoisotopic (exact) mass is 278 g/mol. The molecule has 1 aliphatic rings. The van der Waals surface area contributed by atoms with Crippen LogP contribution in [0.4, 0.5) is 5.69 Å². The highest BCUT2D eigenvalue weighted by atomic mass is 32.2. The fourth-order valence-electron chi connectivity index (χ4n) is 2.70. The van der Waals surface area contributed by atoms with Crippen molar-refractivity contribution in [3.63, 3.8) is 0 Å². The van der Waals surface area contributed by atoms with Crippen molar-refractivity contribution in [2.24, 2.45) is 0 Å². The molecule has 19 heavy (non-hydrogen) atoms. The van der Waals surface area contributed by atoms with Crippen LogP contribution in [0, 0.1) is 0 Å². The molecule has 2 rings (SSSR count). The zero-order valence-corrected chi connectivity index (χ0v) is 13.2.